The van der Waals surface area contributed by atoms with Crippen molar-refractivity contribution in [2.75, 3.05) is 26.2 Å². The molecule has 0 aliphatic carbocycles. The maximum Gasteiger partial charge on any atom is 0.219 e. The predicted octanol–water partition coefficient (Wildman–Crippen LogP) is 3.43. The molecule has 0 spiro atoms. The van der Waals surface area contributed by atoms with Crippen LogP contribution in [0.5, 0.6) is 0 Å². The van der Waals surface area contributed by atoms with Crippen LogP contribution in [0.3, 0.4) is 0 Å². The molecule has 2 aromatic carbocycles. The molecular formula is C24H30N2O2. The molecule has 28 heavy (non-hydrogen) atoms. The second-order valence-corrected chi connectivity index (χ2v) is 8.24. The topological polar surface area (TPSA) is 43.8 Å². The van der Waals surface area contributed by atoms with Crippen molar-refractivity contribution >= 4 is 5.91 Å². The number of hydrogen-bond donors (Lipinski definition) is 1. The Bertz CT molecular complexity index is 833. The molecule has 0 unspecified atom stereocenters. The van der Waals surface area contributed by atoms with Gasteiger partial charge in [0.2, 0.25) is 5.91 Å². The predicted molar refractivity (Wildman–Crippen MR) is 112 cm³/mol. The van der Waals surface area contributed by atoms with Gasteiger partial charge in [-0.15, -0.1) is 0 Å². The highest BCUT2D eigenvalue weighted by molar-refractivity contribution is 5.73. The van der Waals surface area contributed by atoms with Gasteiger partial charge in [-0.1, -0.05) is 54.1 Å². The zero-order chi connectivity index (χ0) is 19.7. The quantitative estimate of drug-likeness (QED) is 0.890. The Balaban J connectivity index is 1.58. The van der Waals surface area contributed by atoms with E-state index in [1.54, 1.807) is 6.92 Å². The molecule has 0 saturated carbocycles. The second-order valence-electron chi connectivity index (χ2n) is 8.24. The van der Waals surface area contributed by atoms with Gasteiger partial charge in [0.25, 0.3) is 0 Å². The number of rotatable bonds is 3. The van der Waals surface area contributed by atoms with E-state index >= 15 is 0 Å². The molecule has 0 aromatic heterocycles. The van der Waals surface area contributed by atoms with Crippen LogP contribution in [-0.2, 0) is 4.79 Å². The monoisotopic (exact) mass is 378 g/mol. The molecule has 1 N–H and O–H groups in total. The van der Waals surface area contributed by atoms with Crippen molar-refractivity contribution in [1.29, 1.82) is 0 Å². The van der Waals surface area contributed by atoms with Gasteiger partial charge in [0.05, 0.1) is 6.61 Å². The zero-order valence-electron chi connectivity index (χ0n) is 16.8. The molecule has 4 nitrogen and oxygen atoms in total. The molecule has 2 heterocycles. The van der Waals surface area contributed by atoms with Crippen LogP contribution in [0, 0.1) is 6.92 Å². The molecule has 148 valence electrons. The summed E-state index contributed by atoms with van der Waals surface area (Å²) in [6.07, 6.45) is 2.12. The number of benzene rings is 2. The van der Waals surface area contributed by atoms with Crippen LogP contribution in [0.25, 0.3) is 11.1 Å². The van der Waals surface area contributed by atoms with Gasteiger partial charge in [0, 0.05) is 38.0 Å². The number of carbonyl (C=O) groups is 1. The van der Waals surface area contributed by atoms with E-state index in [0.717, 1.165) is 32.5 Å². The molecule has 2 aromatic rings. The summed E-state index contributed by atoms with van der Waals surface area (Å²) in [5.41, 5.74) is 4.97. The van der Waals surface area contributed by atoms with E-state index < -0.39 is 0 Å². The number of carbonyl (C=O) groups excluding carboxylic acids is 1. The summed E-state index contributed by atoms with van der Waals surface area (Å²) in [6.45, 7) is 6.57. The second kappa shape index (κ2) is 8.06. The summed E-state index contributed by atoms with van der Waals surface area (Å²) >= 11 is 0. The lowest BCUT2D eigenvalue weighted by Crippen LogP contribution is -2.67. The molecule has 4 rings (SSSR count). The fourth-order valence-corrected chi connectivity index (χ4v) is 4.95. The number of nitrogens with zero attached hydrogens (tertiary/aromatic N) is 2. The fourth-order valence-electron chi connectivity index (χ4n) is 4.95. The standard InChI is InChI=1S/C24H30N2O2/c1-17-6-5-7-21(14-17)19-8-10-20(11-9-19)24-22-15-25(18(2)28)12-3-4-13-26(22)23(24)16-27/h5-11,14,22-24,27H,3-4,12-13,15-16H2,1-2H3/t22-,23+,24-/m1/s1. The smallest absolute Gasteiger partial charge is 0.219 e. The lowest BCUT2D eigenvalue weighted by molar-refractivity contribution is -0.134. The van der Waals surface area contributed by atoms with E-state index in [1.807, 2.05) is 4.90 Å². The highest BCUT2D eigenvalue weighted by Crippen LogP contribution is 2.42. The van der Waals surface area contributed by atoms with Crippen LogP contribution in [0.2, 0.25) is 0 Å². The molecule has 2 fully saturated rings. The molecule has 2 aliphatic heterocycles. The summed E-state index contributed by atoms with van der Waals surface area (Å²) in [5, 5.41) is 10.0. The van der Waals surface area contributed by atoms with Gasteiger partial charge in [0.1, 0.15) is 0 Å². The van der Waals surface area contributed by atoms with E-state index in [0.29, 0.717) is 6.04 Å². The lowest BCUT2D eigenvalue weighted by atomic mass is 9.74. The molecule has 2 saturated heterocycles. The Morgan fingerprint density at radius 2 is 1.82 bits per heavy atom. The maximum atomic E-state index is 12.0. The van der Waals surface area contributed by atoms with Crippen molar-refractivity contribution in [1.82, 2.24) is 9.80 Å². The number of fused-ring (bicyclic) bond motifs is 1. The first-order valence-corrected chi connectivity index (χ1v) is 10.4. The summed E-state index contributed by atoms with van der Waals surface area (Å²) in [4.78, 5) is 16.4. The van der Waals surface area contributed by atoms with Crippen molar-refractivity contribution in [3.05, 3.63) is 59.7 Å². The summed E-state index contributed by atoms with van der Waals surface area (Å²) in [7, 11) is 0. The van der Waals surface area contributed by atoms with Gasteiger partial charge < -0.3 is 10.0 Å². The average Bonchev–Trinajstić information content (AvgIpc) is 2.67. The van der Waals surface area contributed by atoms with Crippen LogP contribution < -0.4 is 0 Å². The summed E-state index contributed by atoms with van der Waals surface area (Å²) < 4.78 is 0. The Labute approximate surface area is 167 Å². The fraction of sp³-hybridized carbons (Fsp3) is 0.458. The van der Waals surface area contributed by atoms with Crippen LogP contribution >= 0.6 is 0 Å². The normalized spacial score (nSPS) is 25.4. The minimum Gasteiger partial charge on any atom is -0.395 e. The molecule has 0 radical (unpaired) electrons. The van der Waals surface area contributed by atoms with Crippen molar-refractivity contribution in [3.8, 4) is 11.1 Å². The van der Waals surface area contributed by atoms with E-state index in [1.165, 1.54) is 22.3 Å². The van der Waals surface area contributed by atoms with E-state index in [2.05, 4.69) is 60.4 Å². The molecular weight excluding hydrogens is 348 g/mol. The largest absolute Gasteiger partial charge is 0.395 e. The van der Waals surface area contributed by atoms with Gasteiger partial charge in [-0.05, 0) is 43.0 Å². The number of aliphatic hydroxyl groups is 1. The molecule has 4 heteroatoms. The zero-order valence-corrected chi connectivity index (χ0v) is 16.8. The highest BCUT2D eigenvalue weighted by Gasteiger charge is 2.49. The average molecular weight is 379 g/mol. The highest BCUT2D eigenvalue weighted by atomic mass is 16.3. The van der Waals surface area contributed by atoms with Gasteiger partial charge in [-0.25, -0.2) is 0 Å². The molecule has 1 amide bonds. The van der Waals surface area contributed by atoms with E-state index in [4.69, 9.17) is 0 Å². The number of amides is 1. The van der Waals surface area contributed by atoms with Gasteiger partial charge in [-0.2, -0.15) is 0 Å². The maximum absolute atomic E-state index is 12.0. The number of aryl methyl sites for hydroxylation is 1. The third kappa shape index (κ3) is 3.59. The van der Waals surface area contributed by atoms with Gasteiger partial charge in [0.15, 0.2) is 0 Å². The van der Waals surface area contributed by atoms with Crippen LogP contribution in [0.15, 0.2) is 48.5 Å². The summed E-state index contributed by atoms with van der Waals surface area (Å²) in [5.74, 6) is 0.430. The van der Waals surface area contributed by atoms with Gasteiger partial charge in [-0.3, -0.25) is 9.69 Å². The van der Waals surface area contributed by atoms with Crippen molar-refractivity contribution in [2.45, 2.75) is 44.7 Å². The third-order valence-corrected chi connectivity index (χ3v) is 6.46. The number of hydrogen-bond acceptors (Lipinski definition) is 3. The minimum absolute atomic E-state index is 0.154. The first-order chi connectivity index (χ1) is 13.6. The Morgan fingerprint density at radius 3 is 2.50 bits per heavy atom. The van der Waals surface area contributed by atoms with E-state index in [9.17, 15) is 9.90 Å². The molecule has 2 aliphatic rings. The first-order valence-electron chi connectivity index (χ1n) is 10.4. The minimum atomic E-state index is 0.154. The van der Waals surface area contributed by atoms with Crippen molar-refractivity contribution in [2.24, 2.45) is 0 Å². The molecule has 3 atom stereocenters. The van der Waals surface area contributed by atoms with Crippen molar-refractivity contribution < 1.29 is 9.90 Å². The Hall–Kier alpha value is -2.17. The van der Waals surface area contributed by atoms with Gasteiger partial charge >= 0.3 is 0 Å². The molecule has 0 bridgehead atoms. The summed E-state index contributed by atoms with van der Waals surface area (Å²) in [6, 6.07) is 17.8. The van der Waals surface area contributed by atoms with Crippen LogP contribution in [0.4, 0.5) is 0 Å². The third-order valence-electron chi connectivity index (χ3n) is 6.46. The first kappa shape index (κ1) is 19.2. The van der Waals surface area contributed by atoms with Crippen molar-refractivity contribution in [3.63, 3.8) is 0 Å². The van der Waals surface area contributed by atoms with Crippen LogP contribution in [0.1, 0.15) is 36.8 Å². The van der Waals surface area contributed by atoms with E-state index in [-0.39, 0.29) is 24.5 Å². The number of aliphatic hydroxyl groups excluding tert-OH is 1. The Morgan fingerprint density at radius 1 is 1.07 bits per heavy atom. The van der Waals surface area contributed by atoms with Crippen LogP contribution in [-0.4, -0.2) is 59.1 Å². The lowest BCUT2D eigenvalue weighted by Gasteiger charge is -2.57. The SMILES string of the molecule is CC(=O)N1CCCCN2[C@H](C1)[C@@H](c1ccc(-c3cccc(C)c3)cc1)[C@@H]2CO. The Kier molecular flexibility index (Phi) is 5.51.